The van der Waals surface area contributed by atoms with E-state index >= 15 is 13.2 Å². The predicted octanol–water partition coefficient (Wildman–Crippen LogP) is 5.88. The summed E-state index contributed by atoms with van der Waals surface area (Å²) in [6, 6.07) is 5.69. The maximum Gasteiger partial charge on any atom is 0.344 e. The molecule has 1 aliphatic carbocycles. The summed E-state index contributed by atoms with van der Waals surface area (Å²) < 4.78 is 78.3. The van der Waals surface area contributed by atoms with Crippen molar-refractivity contribution < 1.29 is 56.1 Å². The third kappa shape index (κ3) is 9.00. The number of benzene rings is 2. The van der Waals surface area contributed by atoms with Gasteiger partial charge < -0.3 is 33.7 Å². The molecule has 0 radical (unpaired) electrons. The van der Waals surface area contributed by atoms with Crippen molar-refractivity contribution in [1.82, 2.24) is 0 Å². The van der Waals surface area contributed by atoms with Crippen LogP contribution in [0.4, 0.5) is 18.9 Å². The Balaban J connectivity index is 1.36. The van der Waals surface area contributed by atoms with Gasteiger partial charge in [0.25, 0.3) is 0 Å². The minimum Gasteiger partial charge on any atom is -0.478 e. The van der Waals surface area contributed by atoms with E-state index in [4.69, 9.17) is 35.3 Å². The van der Waals surface area contributed by atoms with Crippen LogP contribution in [0.1, 0.15) is 57.5 Å². The maximum atomic E-state index is 17.1. The zero-order valence-electron chi connectivity index (χ0n) is 31.9. The first-order valence-electron chi connectivity index (χ1n) is 19.2. The molecule has 0 atom stereocenters. The summed E-state index contributed by atoms with van der Waals surface area (Å²) in [4.78, 5) is 28.3. The molecule has 1 N–H and O–H groups in total. The van der Waals surface area contributed by atoms with E-state index in [1.807, 2.05) is 24.3 Å². The van der Waals surface area contributed by atoms with Crippen molar-refractivity contribution in [2.75, 3.05) is 96.4 Å². The van der Waals surface area contributed by atoms with Gasteiger partial charge in [-0.3, -0.25) is 0 Å². The number of unbranched alkanes of at least 4 members (excludes halogenated alkanes) is 3. The molecule has 56 heavy (non-hydrogen) atoms. The molecule has 3 heterocycles. The second kappa shape index (κ2) is 19.1. The van der Waals surface area contributed by atoms with Gasteiger partial charge >= 0.3 is 11.9 Å². The lowest BCUT2D eigenvalue weighted by Crippen LogP contribution is -2.50. The fourth-order valence-corrected chi connectivity index (χ4v) is 10.9. The molecule has 15 heteroatoms. The monoisotopic (exact) mass is 817 g/mol. The summed E-state index contributed by atoms with van der Waals surface area (Å²) >= 11 is 5.69. The molecule has 2 fully saturated rings. The Morgan fingerprint density at radius 2 is 1.52 bits per heavy atom. The highest BCUT2D eigenvalue weighted by Crippen LogP contribution is 2.45. The van der Waals surface area contributed by atoms with Crippen LogP contribution in [0.5, 0.6) is 0 Å². The molecule has 0 unspecified atom stereocenters. The molecule has 4 aliphatic rings. The van der Waals surface area contributed by atoms with Gasteiger partial charge in [0, 0.05) is 49.0 Å². The molecule has 2 aromatic rings. The first kappa shape index (κ1) is 41.8. The maximum absolute atomic E-state index is 17.1. The van der Waals surface area contributed by atoms with Gasteiger partial charge in [0.15, 0.2) is 30.4 Å². The summed E-state index contributed by atoms with van der Waals surface area (Å²) in [6.07, 6.45) is 9.59. The zero-order chi connectivity index (χ0) is 39.8. The number of halogens is 4. The van der Waals surface area contributed by atoms with Crippen LogP contribution in [-0.2, 0) is 23.7 Å². The second-order valence-corrected chi connectivity index (χ2v) is 19.2. The first-order chi connectivity index (χ1) is 27.1. The average molecular weight is 818 g/mol. The number of rotatable bonds is 16. The Morgan fingerprint density at radius 1 is 0.857 bits per heavy atom. The van der Waals surface area contributed by atoms with Crippen LogP contribution in [-0.4, -0.2) is 127 Å². The summed E-state index contributed by atoms with van der Waals surface area (Å²) in [6.45, 7) is 9.77. The van der Waals surface area contributed by atoms with Crippen molar-refractivity contribution >= 4 is 53.8 Å². The Kier molecular flexibility index (Phi) is 14.3. The number of fused-ring (bicyclic) bond motifs is 2. The zero-order valence-corrected chi connectivity index (χ0v) is 33.7. The summed E-state index contributed by atoms with van der Waals surface area (Å²) in [5, 5.41) is 12.1. The van der Waals surface area contributed by atoms with Crippen molar-refractivity contribution in [3.05, 3.63) is 86.9 Å². The van der Waals surface area contributed by atoms with Gasteiger partial charge in [0.05, 0.1) is 33.0 Å². The third-order valence-corrected chi connectivity index (χ3v) is 14.4. The van der Waals surface area contributed by atoms with E-state index in [-0.39, 0.29) is 25.4 Å². The molecule has 0 bridgehead atoms. The fraction of sp³-hybridized carbons (Fsp3) is 0.488. The van der Waals surface area contributed by atoms with E-state index in [1.54, 1.807) is 12.1 Å². The van der Waals surface area contributed by atoms with Gasteiger partial charge in [-0.25, -0.2) is 27.3 Å². The van der Waals surface area contributed by atoms with E-state index in [9.17, 15) is 14.7 Å². The topological polar surface area (TPSA) is 107 Å². The largest absolute Gasteiger partial charge is 0.478 e. The highest BCUT2D eigenvalue weighted by molar-refractivity contribution is 6.98. The Morgan fingerprint density at radius 3 is 2.23 bits per heavy atom. The summed E-state index contributed by atoms with van der Waals surface area (Å²) in [5.74, 6) is -8.04. The molecule has 0 spiro atoms. The Labute approximate surface area is 331 Å². The number of alkyl halides is 1. The van der Waals surface area contributed by atoms with Crippen molar-refractivity contribution in [2.45, 2.75) is 38.8 Å². The number of carboxylic acid groups (broad SMARTS) is 1. The van der Waals surface area contributed by atoms with Crippen LogP contribution in [0.15, 0.2) is 47.2 Å². The molecule has 0 aromatic heterocycles. The Hall–Kier alpha value is -3.79. The molecular formula is C41H49ClF3N2O8Si+. The minimum absolute atomic E-state index is 0.0640. The van der Waals surface area contributed by atoms with Crippen molar-refractivity contribution in [1.29, 1.82) is 0 Å². The molecule has 0 amide bonds. The lowest BCUT2D eigenvalue weighted by Gasteiger charge is -2.39. The van der Waals surface area contributed by atoms with Gasteiger partial charge in [0.2, 0.25) is 0 Å². The number of esters is 1. The summed E-state index contributed by atoms with van der Waals surface area (Å²) in [7, 11) is -2.66. The standard InChI is InChI=1S/C41H48ClF3N2O8Si/c1-56(2)31-25-27(46-12-17-52-18-13-46)7-9-29(31)33(30-10-8-28(26-32(30)56)47-14-19-53-20-15-47)34-35(40(48)49)38(44)39(45)36(37(34)43)41(50)55-24-23-54-22-21-51-16-6-4-3-5-11-42/h7-10,25-26H,3-6,11-24H2,1-2H3/p+1. The van der Waals surface area contributed by atoms with Gasteiger partial charge in [-0.2, -0.15) is 0 Å². The number of nitrogens with zero attached hydrogens (tertiary/aromatic N) is 2. The number of hydrogen-bond donors (Lipinski definition) is 1. The normalized spacial score (nSPS) is 17.8. The van der Waals surface area contributed by atoms with Crippen LogP contribution < -0.4 is 10.1 Å². The third-order valence-electron chi connectivity index (χ3n) is 10.6. The van der Waals surface area contributed by atoms with Crippen LogP contribution in [0.3, 0.4) is 0 Å². The van der Waals surface area contributed by atoms with Crippen LogP contribution >= 0.6 is 11.6 Å². The van der Waals surface area contributed by atoms with E-state index < -0.39 is 54.2 Å². The van der Waals surface area contributed by atoms with Gasteiger partial charge in [-0.1, -0.05) is 32.0 Å². The van der Waals surface area contributed by atoms with Crippen molar-refractivity contribution in [3.63, 3.8) is 0 Å². The average Bonchev–Trinajstić information content (AvgIpc) is 3.20. The fourth-order valence-electron chi connectivity index (χ4n) is 7.65. The summed E-state index contributed by atoms with van der Waals surface area (Å²) in [5.41, 5.74) is -0.362. The molecule has 2 aromatic carbocycles. The molecule has 2 saturated heterocycles. The number of carbonyl (C=O) groups excluding carboxylic acids is 1. The van der Waals surface area contributed by atoms with Crippen molar-refractivity contribution in [2.24, 2.45) is 0 Å². The van der Waals surface area contributed by atoms with Gasteiger partial charge in [-0.15, -0.1) is 11.6 Å². The number of aromatic carboxylic acids is 1. The number of carbonyl (C=O) groups is 2. The number of ether oxygens (including phenoxy) is 5. The first-order valence-corrected chi connectivity index (χ1v) is 22.7. The lowest BCUT2D eigenvalue weighted by atomic mass is 9.85. The smallest absolute Gasteiger partial charge is 0.344 e. The van der Waals surface area contributed by atoms with Crippen LogP contribution in [0.25, 0.3) is 5.57 Å². The highest BCUT2D eigenvalue weighted by Gasteiger charge is 2.44. The predicted molar refractivity (Wildman–Crippen MR) is 210 cm³/mol. The molecule has 6 rings (SSSR count). The van der Waals surface area contributed by atoms with Crippen LogP contribution in [0.2, 0.25) is 13.1 Å². The quantitative estimate of drug-likeness (QED) is 0.0556. The SMILES string of the molecule is C[Si]1(C)C2=CC(=[N+]3CCOCC3)C=CC2=C(c2c(F)c(C(=O)OCCOCCOCCCCCCCl)c(F)c(F)c2C(=O)O)c2ccc(N3CCOCC3)cc21. The number of anilines is 1. The van der Waals surface area contributed by atoms with E-state index in [0.29, 0.717) is 82.8 Å². The number of allylic oxidation sites excluding steroid dienone is 5. The molecule has 10 nitrogen and oxygen atoms in total. The van der Waals surface area contributed by atoms with E-state index in [2.05, 4.69) is 22.6 Å². The van der Waals surface area contributed by atoms with Gasteiger partial charge in [-0.05, 0) is 58.1 Å². The number of morpholine rings is 2. The second-order valence-electron chi connectivity index (χ2n) is 14.5. The molecule has 302 valence electrons. The van der Waals surface area contributed by atoms with Gasteiger partial charge in [0.1, 0.15) is 44.8 Å². The Bertz CT molecular complexity index is 1940. The van der Waals surface area contributed by atoms with E-state index in [0.717, 1.165) is 47.5 Å². The number of carboxylic acids is 1. The minimum atomic E-state index is -2.66. The van der Waals surface area contributed by atoms with E-state index in [1.165, 1.54) is 0 Å². The molecule has 0 saturated carbocycles. The van der Waals surface area contributed by atoms with Crippen molar-refractivity contribution in [3.8, 4) is 0 Å². The highest BCUT2D eigenvalue weighted by atomic mass is 35.5. The van der Waals surface area contributed by atoms with Crippen LogP contribution in [0, 0.1) is 17.5 Å². The number of hydrogen-bond acceptors (Lipinski definition) is 8. The lowest BCUT2D eigenvalue weighted by molar-refractivity contribution is -0.547. The molecule has 3 aliphatic heterocycles. The molecular weight excluding hydrogens is 769 g/mol.